The molecule has 0 radical (unpaired) electrons. The maximum atomic E-state index is 11.6. The van der Waals surface area contributed by atoms with Gasteiger partial charge in [0.25, 0.3) is 0 Å². The number of halogens is 4. The van der Waals surface area contributed by atoms with E-state index in [1.807, 2.05) is 0 Å². The fourth-order valence-corrected chi connectivity index (χ4v) is 0.205. The number of carbonyl (C=O) groups is 1. The Morgan fingerprint density at radius 1 is 1.40 bits per heavy atom. The number of allylic oxidation sites excluding steroid dienone is 1. The Bertz CT molecular complexity index is 169. The third-order valence-corrected chi connectivity index (χ3v) is 0.495. The highest BCUT2D eigenvalue weighted by molar-refractivity contribution is 5.83. The highest BCUT2D eigenvalue weighted by Gasteiger charge is 2.26. The van der Waals surface area contributed by atoms with Crippen LogP contribution in [-0.4, -0.2) is 17.3 Å². The fourth-order valence-electron chi connectivity index (χ4n) is 0.205. The van der Waals surface area contributed by atoms with Crippen molar-refractivity contribution in [3.05, 3.63) is 11.9 Å². The lowest BCUT2D eigenvalue weighted by Crippen LogP contribution is -2.06. The van der Waals surface area contributed by atoms with E-state index in [0.717, 1.165) is 0 Å². The van der Waals surface area contributed by atoms with E-state index in [1.54, 1.807) is 0 Å². The normalized spacial score (nSPS) is 13.4. The summed E-state index contributed by atoms with van der Waals surface area (Å²) in [7, 11) is 0. The topological polar surface area (TPSA) is 37.3 Å². The van der Waals surface area contributed by atoms with Crippen LogP contribution in [-0.2, 0) is 4.79 Å². The van der Waals surface area contributed by atoms with Crippen LogP contribution in [0.5, 0.6) is 0 Å². The lowest BCUT2D eigenvalue weighted by Gasteiger charge is -1.96. The minimum absolute atomic E-state index is 0.921. The van der Waals surface area contributed by atoms with Crippen molar-refractivity contribution in [1.82, 2.24) is 0 Å². The standard InChI is InChI=1S/C4H2F4O2/c5-2(3(9)10)1-4(6,7)8/h1H,(H,9,10). The first-order valence-electron chi connectivity index (χ1n) is 2.01. The zero-order valence-corrected chi connectivity index (χ0v) is 4.44. The van der Waals surface area contributed by atoms with Crippen LogP contribution in [0.4, 0.5) is 17.6 Å². The van der Waals surface area contributed by atoms with Gasteiger partial charge in [-0.1, -0.05) is 0 Å². The first-order valence-corrected chi connectivity index (χ1v) is 2.01. The van der Waals surface area contributed by atoms with Gasteiger partial charge < -0.3 is 5.11 Å². The molecule has 0 saturated carbocycles. The Morgan fingerprint density at radius 2 is 1.80 bits per heavy atom. The second kappa shape index (κ2) is 2.68. The van der Waals surface area contributed by atoms with Crippen LogP contribution in [0.1, 0.15) is 0 Å². The molecular formula is C4H2F4O2. The van der Waals surface area contributed by atoms with Crippen molar-refractivity contribution in [2.24, 2.45) is 0 Å². The van der Waals surface area contributed by atoms with Gasteiger partial charge >= 0.3 is 12.1 Å². The first kappa shape index (κ1) is 8.93. The van der Waals surface area contributed by atoms with Crippen molar-refractivity contribution in [2.75, 3.05) is 0 Å². The molecule has 0 rings (SSSR count). The maximum Gasteiger partial charge on any atom is 0.412 e. The fraction of sp³-hybridized carbons (Fsp3) is 0.250. The number of alkyl halides is 3. The van der Waals surface area contributed by atoms with Gasteiger partial charge in [-0.15, -0.1) is 0 Å². The van der Waals surface area contributed by atoms with Crippen LogP contribution in [0, 0.1) is 0 Å². The summed E-state index contributed by atoms with van der Waals surface area (Å²) in [6.07, 6.45) is -5.84. The van der Waals surface area contributed by atoms with E-state index in [2.05, 4.69) is 0 Å². The summed E-state index contributed by atoms with van der Waals surface area (Å²) in [6.45, 7) is 0. The number of carboxylic acids is 1. The van der Waals surface area contributed by atoms with E-state index < -0.39 is 24.0 Å². The van der Waals surface area contributed by atoms with Gasteiger partial charge in [-0.3, -0.25) is 0 Å². The number of hydrogen-bond acceptors (Lipinski definition) is 1. The van der Waals surface area contributed by atoms with Crippen molar-refractivity contribution in [1.29, 1.82) is 0 Å². The summed E-state index contributed by atoms with van der Waals surface area (Å²) >= 11 is 0. The Balaban J connectivity index is 4.32. The summed E-state index contributed by atoms with van der Waals surface area (Å²) in [6, 6.07) is 0. The minimum atomic E-state index is -4.91. The molecule has 6 heteroatoms. The van der Waals surface area contributed by atoms with Gasteiger partial charge in [0, 0.05) is 0 Å². The summed E-state index contributed by atoms with van der Waals surface area (Å²) in [5.74, 6) is -4.44. The molecular weight excluding hydrogens is 156 g/mol. The van der Waals surface area contributed by atoms with Crippen LogP contribution in [0.2, 0.25) is 0 Å². The van der Waals surface area contributed by atoms with Crippen LogP contribution in [0.15, 0.2) is 11.9 Å². The quantitative estimate of drug-likeness (QED) is 0.463. The van der Waals surface area contributed by atoms with Gasteiger partial charge in [0.1, 0.15) is 0 Å². The summed E-state index contributed by atoms with van der Waals surface area (Å²) in [5.41, 5.74) is 0. The third-order valence-electron chi connectivity index (χ3n) is 0.495. The average molecular weight is 158 g/mol. The Morgan fingerprint density at radius 3 is 1.90 bits per heavy atom. The van der Waals surface area contributed by atoms with E-state index in [9.17, 15) is 22.4 Å². The molecule has 58 valence electrons. The molecule has 2 nitrogen and oxygen atoms in total. The predicted molar refractivity (Wildman–Crippen MR) is 22.9 cm³/mol. The van der Waals surface area contributed by atoms with Gasteiger partial charge in [0.15, 0.2) is 0 Å². The van der Waals surface area contributed by atoms with Crippen molar-refractivity contribution < 1.29 is 27.5 Å². The number of carboxylic acid groups (broad SMARTS) is 1. The molecule has 0 aromatic rings. The Hall–Kier alpha value is -1.07. The van der Waals surface area contributed by atoms with Crippen LogP contribution >= 0.6 is 0 Å². The molecule has 10 heavy (non-hydrogen) atoms. The van der Waals surface area contributed by atoms with Gasteiger partial charge in [-0.2, -0.15) is 17.6 Å². The second-order valence-corrected chi connectivity index (χ2v) is 1.34. The molecule has 0 atom stereocenters. The molecule has 0 aliphatic carbocycles. The zero-order valence-electron chi connectivity index (χ0n) is 4.44. The molecule has 0 aromatic carbocycles. The largest absolute Gasteiger partial charge is 0.476 e. The van der Waals surface area contributed by atoms with E-state index in [4.69, 9.17) is 5.11 Å². The van der Waals surface area contributed by atoms with Gasteiger partial charge in [0.2, 0.25) is 5.83 Å². The van der Waals surface area contributed by atoms with Gasteiger partial charge in [0.05, 0.1) is 6.08 Å². The molecule has 0 bridgehead atoms. The Kier molecular flexibility index (Phi) is 2.39. The second-order valence-electron chi connectivity index (χ2n) is 1.34. The van der Waals surface area contributed by atoms with E-state index in [-0.39, 0.29) is 0 Å². The summed E-state index contributed by atoms with van der Waals surface area (Å²) < 4.78 is 44.8. The molecule has 0 unspecified atom stereocenters. The highest BCUT2D eigenvalue weighted by Crippen LogP contribution is 2.18. The van der Waals surface area contributed by atoms with E-state index in [1.165, 1.54) is 0 Å². The summed E-state index contributed by atoms with van der Waals surface area (Å²) in [4.78, 5) is 9.43. The monoisotopic (exact) mass is 158 g/mol. The van der Waals surface area contributed by atoms with Crippen LogP contribution < -0.4 is 0 Å². The molecule has 0 aliphatic rings. The lowest BCUT2D eigenvalue weighted by molar-refractivity contribution is -0.135. The molecule has 0 saturated heterocycles. The number of rotatable bonds is 1. The molecule has 0 fully saturated rings. The van der Waals surface area contributed by atoms with E-state index >= 15 is 0 Å². The number of hydrogen-bond donors (Lipinski definition) is 1. The van der Waals surface area contributed by atoms with Crippen molar-refractivity contribution in [3.63, 3.8) is 0 Å². The van der Waals surface area contributed by atoms with Crippen molar-refractivity contribution >= 4 is 5.97 Å². The SMILES string of the molecule is O=C(O)C(F)=CC(F)(F)F. The van der Waals surface area contributed by atoms with Crippen molar-refractivity contribution in [2.45, 2.75) is 6.18 Å². The van der Waals surface area contributed by atoms with Crippen LogP contribution in [0.25, 0.3) is 0 Å². The number of aliphatic carboxylic acids is 1. The predicted octanol–water partition coefficient (Wildman–Crippen LogP) is 1.49. The maximum absolute atomic E-state index is 11.6. The molecule has 0 amide bonds. The molecule has 0 aliphatic heterocycles. The van der Waals surface area contributed by atoms with E-state index in [0.29, 0.717) is 0 Å². The van der Waals surface area contributed by atoms with Gasteiger partial charge in [-0.05, 0) is 0 Å². The first-order chi connectivity index (χ1) is 4.33. The molecule has 0 spiro atoms. The van der Waals surface area contributed by atoms with Gasteiger partial charge in [-0.25, -0.2) is 4.79 Å². The van der Waals surface area contributed by atoms with Crippen molar-refractivity contribution in [3.8, 4) is 0 Å². The molecule has 0 aromatic heterocycles. The van der Waals surface area contributed by atoms with Crippen LogP contribution in [0.3, 0.4) is 0 Å². The molecule has 1 N–H and O–H groups in total. The minimum Gasteiger partial charge on any atom is -0.476 e. The highest BCUT2D eigenvalue weighted by atomic mass is 19.4. The smallest absolute Gasteiger partial charge is 0.412 e. The zero-order chi connectivity index (χ0) is 8.36. The Labute approximate surface area is 52.8 Å². The molecule has 0 heterocycles. The summed E-state index contributed by atoms with van der Waals surface area (Å²) in [5, 5.41) is 7.60. The average Bonchev–Trinajstić information content (AvgIpc) is 1.60. The lowest BCUT2D eigenvalue weighted by atomic mass is 10.4. The third kappa shape index (κ3) is 3.88.